The lowest BCUT2D eigenvalue weighted by Crippen LogP contribution is -2.42. The van der Waals surface area contributed by atoms with Crippen LogP contribution in [0, 0.1) is 12.0 Å². The summed E-state index contributed by atoms with van der Waals surface area (Å²) in [5.41, 5.74) is 2.85. The normalized spacial score (nSPS) is 14.1. The summed E-state index contributed by atoms with van der Waals surface area (Å²) in [5, 5.41) is 6.50. The van der Waals surface area contributed by atoms with E-state index in [9.17, 15) is 9.59 Å². The number of nitrogens with one attached hydrogen (secondary N) is 2. The maximum absolute atomic E-state index is 12.5. The molecule has 2 heterocycles. The molecular formula is C25H25BrN3O3S. The number of hydrogen-bond acceptors (Lipinski definition) is 5. The van der Waals surface area contributed by atoms with Gasteiger partial charge in [0.05, 0.1) is 12.0 Å². The third-order valence-corrected chi connectivity index (χ3v) is 7.62. The molecule has 1 aliphatic rings. The number of para-hydroxylation sites is 1. The average molecular weight is 527 g/mol. The van der Waals surface area contributed by atoms with E-state index >= 15 is 0 Å². The van der Waals surface area contributed by atoms with Crippen LogP contribution in [0.25, 0.3) is 10.4 Å². The number of thiophene rings is 1. The van der Waals surface area contributed by atoms with Gasteiger partial charge in [0.2, 0.25) is 0 Å². The zero-order chi connectivity index (χ0) is 23.2. The zero-order valence-electron chi connectivity index (χ0n) is 18.3. The molecule has 4 rings (SSSR count). The summed E-state index contributed by atoms with van der Waals surface area (Å²) < 4.78 is 5.56. The monoisotopic (exact) mass is 526 g/mol. The second-order valence-electron chi connectivity index (χ2n) is 7.88. The molecule has 1 aliphatic heterocycles. The second-order valence-corrected chi connectivity index (χ2v) is 9.69. The number of hydrogen-bond donors (Lipinski definition) is 2. The van der Waals surface area contributed by atoms with E-state index < -0.39 is 0 Å². The van der Waals surface area contributed by atoms with Crippen LogP contribution in [0.5, 0.6) is 0 Å². The molecule has 1 aromatic heterocycles. The summed E-state index contributed by atoms with van der Waals surface area (Å²) in [6.07, 6.45) is 1.92. The van der Waals surface area contributed by atoms with Crippen molar-refractivity contribution in [2.45, 2.75) is 12.8 Å². The second kappa shape index (κ2) is 10.9. The minimum Gasteiger partial charge on any atom is -0.465 e. The van der Waals surface area contributed by atoms with Crippen LogP contribution in [0.3, 0.4) is 0 Å². The standard InChI is InChI=1S/C25H25BrN3O3S/c1-32-24(30)22-15-21(26)23(33-22)18-6-5-9-20(14-18)27-16-17-10-12-29(13-11-17)25(31)28-19-7-3-2-4-8-19/h2-9,14,17,27H,10-13,16H2,1H3,(H,28,31). The molecule has 1 fully saturated rings. The van der Waals surface area contributed by atoms with Gasteiger partial charge in [-0.15, -0.1) is 11.3 Å². The van der Waals surface area contributed by atoms with Gasteiger partial charge in [-0.25, -0.2) is 9.59 Å². The molecule has 171 valence electrons. The summed E-state index contributed by atoms with van der Waals surface area (Å²) in [4.78, 5) is 27.6. The van der Waals surface area contributed by atoms with Crippen LogP contribution in [-0.2, 0) is 4.74 Å². The van der Waals surface area contributed by atoms with Crippen molar-refractivity contribution in [3.8, 4) is 10.4 Å². The number of rotatable bonds is 6. The van der Waals surface area contributed by atoms with E-state index in [2.05, 4.69) is 38.7 Å². The minimum absolute atomic E-state index is 0.0371. The number of methoxy groups -OCH3 is 1. The Labute approximate surface area is 206 Å². The number of carbonyl (C=O) groups is 2. The van der Waals surface area contributed by atoms with Crippen LogP contribution in [0.2, 0.25) is 0 Å². The third kappa shape index (κ3) is 5.94. The first-order chi connectivity index (χ1) is 16.0. The van der Waals surface area contributed by atoms with Gasteiger partial charge in [-0.05, 0) is 64.5 Å². The molecule has 0 unspecified atom stereocenters. The van der Waals surface area contributed by atoms with Crippen molar-refractivity contribution in [1.82, 2.24) is 4.90 Å². The van der Waals surface area contributed by atoms with E-state index in [0.29, 0.717) is 10.8 Å². The number of ether oxygens (including phenoxy) is 1. The molecular weight excluding hydrogens is 502 g/mol. The SMILES string of the molecule is COC(=O)c1[c]c(Br)c(-c2cccc(NCC3CCN(C(=O)Nc4ccccc4)CC3)c2)s1. The number of nitrogens with zero attached hydrogens (tertiary/aromatic N) is 1. The Balaban J connectivity index is 1.30. The maximum Gasteiger partial charge on any atom is 0.348 e. The molecule has 0 spiro atoms. The molecule has 0 aliphatic carbocycles. The smallest absolute Gasteiger partial charge is 0.348 e. The van der Waals surface area contributed by atoms with Crippen molar-refractivity contribution in [3.05, 3.63) is 70.0 Å². The predicted octanol–water partition coefficient (Wildman–Crippen LogP) is 6.12. The van der Waals surface area contributed by atoms with Crippen molar-refractivity contribution in [2.75, 3.05) is 37.4 Å². The highest BCUT2D eigenvalue weighted by Crippen LogP contribution is 2.37. The summed E-state index contributed by atoms with van der Waals surface area (Å²) in [7, 11) is 1.37. The molecule has 2 aromatic carbocycles. The molecule has 1 radical (unpaired) electrons. The summed E-state index contributed by atoms with van der Waals surface area (Å²) >= 11 is 4.86. The Morgan fingerprint density at radius 1 is 1.12 bits per heavy atom. The fraction of sp³-hybridized carbons (Fsp3) is 0.280. The molecule has 0 saturated carbocycles. The third-order valence-electron chi connectivity index (χ3n) is 5.64. The van der Waals surface area contributed by atoms with Gasteiger partial charge in [0, 0.05) is 41.5 Å². The number of halogens is 1. The molecule has 0 atom stereocenters. The molecule has 2 amide bonds. The minimum atomic E-state index is -0.384. The largest absolute Gasteiger partial charge is 0.465 e. The first-order valence-corrected chi connectivity index (χ1v) is 12.4. The lowest BCUT2D eigenvalue weighted by atomic mass is 9.97. The summed E-state index contributed by atoms with van der Waals surface area (Å²) in [6.45, 7) is 2.35. The number of esters is 1. The van der Waals surface area contributed by atoms with Crippen LogP contribution >= 0.6 is 27.3 Å². The Bertz CT molecular complexity index is 1110. The first-order valence-electron chi connectivity index (χ1n) is 10.8. The molecule has 2 N–H and O–H groups in total. The number of likely N-dealkylation sites (tertiary alicyclic amines) is 1. The lowest BCUT2D eigenvalue weighted by molar-refractivity contribution is 0.0606. The maximum atomic E-state index is 12.5. The van der Waals surface area contributed by atoms with Gasteiger partial charge in [0.25, 0.3) is 0 Å². The number of amides is 2. The van der Waals surface area contributed by atoms with E-state index in [-0.39, 0.29) is 12.0 Å². The van der Waals surface area contributed by atoms with Gasteiger partial charge in [-0.3, -0.25) is 0 Å². The summed E-state index contributed by atoms with van der Waals surface area (Å²) in [5.74, 6) is 0.118. The number of piperidine rings is 1. The van der Waals surface area contributed by atoms with Crippen molar-refractivity contribution >= 4 is 50.6 Å². The van der Waals surface area contributed by atoms with E-state index in [0.717, 1.165) is 58.8 Å². The van der Waals surface area contributed by atoms with Gasteiger partial charge in [0.15, 0.2) is 0 Å². The topological polar surface area (TPSA) is 70.7 Å². The Kier molecular flexibility index (Phi) is 7.67. The molecule has 3 aromatic rings. The average Bonchev–Trinajstić information content (AvgIpc) is 3.25. The molecule has 33 heavy (non-hydrogen) atoms. The highest BCUT2D eigenvalue weighted by Gasteiger charge is 2.23. The van der Waals surface area contributed by atoms with Gasteiger partial charge < -0.3 is 20.3 Å². The fourth-order valence-corrected chi connectivity index (χ4v) is 5.51. The van der Waals surface area contributed by atoms with E-state index in [1.807, 2.05) is 53.4 Å². The fourth-order valence-electron chi connectivity index (χ4n) is 3.80. The van der Waals surface area contributed by atoms with Gasteiger partial charge in [-0.1, -0.05) is 30.3 Å². The van der Waals surface area contributed by atoms with Crippen molar-refractivity contribution in [3.63, 3.8) is 0 Å². The van der Waals surface area contributed by atoms with E-state index in [1.54, 1.807) is 0 Å². The zero-order valence-corrected chi connectivity index (χ0v) is 20.7. The molecule has 6 nitrogen and oxygen atoms in total. The van der Waals surface area contributed by atoms with Crippen LogP contribution in [0.15, 0.2) is 59.1 Å². The predicted molar refractivity (Wildman–Crippen MR) is 136 cm³/mol. The van der Waals surface area contributed by atoms with E-state index in [4.69, 9.17) is 4.74 Å². The number of urea groups is 1. The quantitative estimate of drug-likeness (QED) is 0.379. The number of carbonyl (C=O) groups excluding carboxylic acids is 2. The Morgan fingerprint density at radius 3 is 2.58 bits per heavy atom. The summed E-state index contributed by atoms with van der Waals surface area (Å²) in [6, 6.07) is 20.7. The first kappa shape index (κ1) is 23.3. The van der Waals surface area contributed by atoms with Crippen LogP contribution < -0.4 is 10.6 Å². The van der Waals surface area contributed by atoms with Crippen LogP contribution in [0.4, 0.5) is 16.2 Å². The van der Waals surface area contributed by atoms with Crippen molar-refractivity contribution in [1.29, 1.82) is 0 Å². The molecule has 8 heteroatoms. The van der Waals surface area contributed by atoms with Crippen LogP contribution in [-0.4, -0.2) is 43.6 Å². The van der Waals surface area contributed by atoms with Gasteiger partial charge in [0.1, 0.15) is 4.88 Å². The number of benzene rings is 2. The lowest BCUT2D eigenvalue weighted by Gasteiger charge is -2.32. The van der Waals surface area contributed by atoms with Crippen molar-refractivity contribution in [2.24, 2.45) is 5.92 Å². The highest BCUT2D eigenvalue weighted by molar-refractivity contribution is 9.10. The van der Waals surface area contributed by atoms with Crippen molar-refractivity contribution < 1.29 is 14.3 Å². The highest BCUT2D eigenvalue weighted by atomic mass is 79.9. The number of anilines is 2. The molecule has 1 saturated heterocycles. The Hall–Kier alpha value is -2.84. The van der Waals surface area contributed by atoms with Gasteiger partial charge in [-0.2, -0.15) is 0 Å². The van der Waals surface area contributed by atoms with Crippen LogP contribution in [0.1, 0.15) is 22.5 Å². The Morgan fingerprint density at radius 2 is 1.85 bits per heavy atom. The molecule has 0 bridgehead atoms. The van der Waals surface area contributed by atoms with Gasteiger partial charge >= 0.3 is 12.0 Å². The van der Waals surface area contributed by atoms with E-state index in [1.165, 1.54) is 18.4 Å².